The van der Waals surface area contributed by atoms with Crippen molar-refractivity contribution in [3.8, 4) is 0 Å². The number of rotatable bonds is 0. The Kier molecular flexibility index (Phi) is 18.9. The van der Waals surface area contributed by atoms with Gasteiger partial charge in [0.05, 0.1) is 11.0 Å². The van der Waals surface area contributed by atoms with Gasteiger partial charge in [0.2, 0.25) is 0 Å². The van der Waals surface area contributed by atoms with Crippen LogP contribution < -0.4 is 6.15 Å². The van der Waals surface area contributed by atoms with Crippen LogP contribution in [0, 0.1) is 0 Å². The summed E-state index contributed by atoms with van der Waals surface area (Å²) in [6.07, 6.45) is 0. The minimum absolute atomic E-state index is 0. The lowest BCUT2D eigenvalue weighted by atomic mass is 14.0. The molecule has 0 aliphatic rings. The van der Waals surface area contributed by atoms with E-state index in [0.717, 1.165) is 0 Å². The van der Waals surface area contributed by atoms with Gasteiger partial charge in [0.15, 0.2) is 0 Å². The molecule has 0 aliphatic heterocycles. The van der Waals surface area contributed by atoms with E-state index in [2.05, 4.69) is 0 Å². The van der Waals surface area contributed by atoms with Crippen molar-refractivity contribution in [2.75, 3.05) is 0 Å². The van der Waals surface area contributed by atoms with Crippen LogP contribution in [-0.4, -0.2) is 25.9 Å². The highest BCUT2D eigenvalue weighted by molar-refractivity contribution is 7.66. The van der Waals surface area contributed by atoms with E-state index >= 15 is 0 Å². The molecule has 0 saturated carbocycles. The standard InChI is InChI=1S/H3N.2H2O3S/c;2*1-4(2)3/h1H3;2*4H,(H,1,2,3). The molecule has 0 unspecified atom stereocenters. The number of hydrogen-bond acceptors (Lipinski definition) is 6. The molecular weight excluding hydrogens is 174 g/mol. The summed E-state index contributed by atoms with van der Waals surface area (Å²) in [5.41, 5.74) is 0. The zero-order chi connectivity index (χ0) is 7.15. The van der Waals surface area contributed by atoms with E-state index < -0.39 is 22.0 Å². The van der Waals surface area contributed by atoms with E-state index in [9.17, 15) is 0 Å². The van der Waals surface area contributed by atoms with Gasteiger partial charge in [0, 0.05) is 0 Å². The fourth-order valence-corrected chi connectivity index (χ4v) is 0. The molecule has 7 nitrogen and oxygen atoms in total. The predicted molar refractivity (Wildman–Crippen MR) is 30.2 cm³/mol. The highest BCUT2D eigenvalue weighted by Gasteiger charge is 1.44. The maximum Gasteiger partial charge on any atom is 1.00 e. The van der Waals surface area contributed by atoms with Crippen LogP contribution in [0.1, 0.15) is 1.43 Å². The molecule has 0 aromatic rings. The van der Waals surface area contributed by atoms with Crippen LogP contribution in [0.4, 0.5) is 0 Å². The van der Waals surface area contributed by atoms with Gasteiger partial charge in [-0.15, -0.1) is 0 Å². The third kappa shape index (κ3) is 5370. The van der Waals surface area contributed by atoms with Crippen LogP contribution in [0.5, 0.6) is 0 Å². The molecule has 60 valence electrons. The van der Waals surface area contributed by atoms with Gasteiger partial charge in [-0.2, -0.15) is 0 Å². The van der Waals surface area contributed by atoms with E-state index in [1.54, 1.807) is 0 Å². The monoisotopic (exact) mass is 181 g/mol. The second-order valence-electron chi connectivity index (χ2n) is 0.461. The van der Waals surface area contributed by atoms with Crippen molar-refractivity contribution in [1.82, 2.24) is 6.15 Å². The average molecular weight is 181 g/mol. The molecule has 0 radical (unpaired) electrons. The zero-order valence-electron chi connectivity index (χ0n) is 5.09. The van der Waals surface area contributed by atoms with Crippen molar-refractivity contribution in [1.29, 1.82) is 0 Å². The van der Waals surface area contributed by atoms with E-state index in [0.29, 0.717) is 0 Å². The van der Waals surface area contributed by atoms with Crippen LogP contribution in [0.25, 0.3) is 0 Å². The fourth-order valence-electron chi connectivity index (χ4n) is 0. The Morgan fingerprint density at radius 1 is 1.22 bits per heavy atom. The number of hydrogen-bond donors (Lipinski definition) is 4. The Bertz CT molecular complexity index is 133. The van der Waals surface area contributed by atoms with Crippen molar-refractivity contribution in [3.63, 3.8) is 0 Å². The summed E-state index contributed by atoms with van der Waals surface area (Å²) in [5, 5.41) is 0. The summed E-state index contributed by atoms with van der Waals surface area (Å²) in [4.78, 5) is 0. The first-order valence-corrected chi connectivity index (χ1v) is 3.34. The Morgan fingerprint density at radius 2 is 1.22 bits per heavy atom. The lowest BCUT2D eigenvalue weighted by Gasteiger charge is -1.68. The Balaban J connectivity index is -0.0000000300. The topological polar surface area (TPSA) is 147 Å². The summed E-state index contributed by atoms with van der Waals surface area (Å²) in [6, 6.07) is 0. The van der Waals surface area contributed by atoms with Gasteiger partial charge in [0.1, 0.15) is 0 Å². The zero-order valence-corrected chi connectivity index (χ0v) is 5.88. The molecule has 0 fully saturated rings. The maximum absolute atomic E-state index is 8.59. The molecule has 0 aromatic carbocycles. The maximum atomic E-state index is 8.59. The molecule has 0 rings (SSSR count). The van der Waals surface area contributed by atoms with Gasteiger partial charge in [-0.05, 0) is 0 Å². The first kappa shape index (κ1) is 15.9. The van der Waals surface area contributed by atoms with Crippen molar-refractivity contribution < 1.29 is 27.4 Å². The summed E-state index contributed by atoms with van der Waals surface area (Å²) >= 11 is 0. The van der Waals surface area contributed by atoms with E-state index in [1.165, 1.54) is 0 Å². The van der Waals surface area contributed by atoms with Crippen LogP contribution in [0.2, 0.25) is 0 Å². The van der Waals surface area contributed by atoms with E-state index in [1.807, 2.05) is 0 Å². The Hall–Kier alpha value is -0.220. The summed E-state index contributed by atoms with van der Waals surface area (Å²) in [5.74, 6) is 0. The molecule has 0 aromatic heterocycles. The molecule has 0 amide bonds. The highest BCUT2D eigenvalue weighted by atomic mass is 32.2. The predicted octanol–water partition coefficient (Wildman–Crippen LogP) is -1.93. The van der Waals surface area contributed by atoms with Gasteiger partial charge >= 0.3 is 1.43 Å². The highest BCUT2D eigenvalue weighted by Crippen LogP contribution is 1.27. The number of thiol groups is 2. The first-order chi connectivity index (χ1) is 3.46. The summed E-state index contributed by atoms with van der Waals surface area (Å²) < 4.78 is 49.6. The quantitative estimate of drug-likeness (QED) is 0.251. The van der Waals surface area contributed by atoms with Crippen LogP contribution in [-0.2, 0) is 22.0 Å². The summed E-state index contributed by atoms with van der Waals surface area (Å²) in [6.45, 7) is 0. The molecule has 0 bridgehead atoms. The summed E-state index contributed by atoms with van der Waals surface area (Å²) in [7, 11) is -6.49. The van der Waals surface area contributed by atoms with Crippen molar-refractivity contribution in [3.05, 3.63) is 0 Å². The van der Waals surface area contributed by atoms with Crippen molar-refractivity contribution >= 4 is 22.0 Å². The van der Waals surface area contributed by atoms with Gasteiger partial charge in [-0.3, -0.25) is 4.55 Å². The molecule has 0 saturated heterocycles. The molecule has 0 heterocycles. The van der Waals surface area contributed by atoms with E-state index in [4.69, 9.17) is 25.9 Å². The fraction of sp³-hybridized carbons (Fsp3) is 0. The van der Waals surface area contributed by atoms with Gasteiger partial charge < -0.3 is 10.7 Å². The molecule has 9 heteroatoms. The lowest BCUT2D eigenvalue weighted by molar-refractivity contribution is 0.488. The second kappa shape index (κ2) is 10.7. The smallest absolute Gasteiger partial charge is 0.750 e. The molecule has 0 spiro atoms. The van der Waals surface area contributed by atoms with Gasteiger partial charge in [-0.25, -0.2) is 16.8 Å². The SMILES string of the molecule is N.O=[SH](=O)O.O=[SH](=O)[O-].[H+]. The molecule has 0 atom stereocenters. The average Bonchev–Trinajstić information content (AvgIpc) is 1.25. The van der Waals surface area contributed by atoms with Gasteiger partial charge in [0.25, 0.3) is 11.0 Å². The third-order valence-corrected chi connectivity index (χ3v) is 0. The Morgan fingerprint density at radius 3 is 1.22 bits per heavy atom. The second-order valence-corrected chi connectivity index (χ2v) is 1.38. The van der Waals surface area contributed by atoms with Crippen LogP contribution >= 0.6 is 0 Å². The van der Waals surface area contributed by atoms with Crippen LogP contribution in [0.15, 0.2) is 0 Å². The van der Waals surface area contributed by atoms with Crippen molar-refractivity contribution in [2.45, 2.75) is 0 Å². The van der Waals surface area contributed by atoms with Gasteiger partial charge in [-0.1, -0.05) is 0 Å². The normalized spacial score (nSPS) is 7.56. The largest absolute Gasteiger partial charge is 1.00 e. The lowest BCUT2D eigenvalue weighted by Crippen LogP contribution is -1.59. The minimum Gasteiger partial charge on any atom is -0.750 e. The third-order valence-electron chi connectivity index (χ3n) is 0. The molecule has 9 heavy (non-hydrogen) atoms. The first-order valence-electron chi connectivity index (χ1n) is 1.11. The minimum atomic E-state index is -3.37. The Labute approximate surface area is 56.3 Å². The van der Waals surface area contributed by atoms with E-state index in [-0.39, 0.29) is 7.58 Å². The molecule has 4 N–H and O–H groups in total. The van der Waals surface area contributed by atoms with Crippen LogP contribution in [0.3, 0.4) is 0 Å². The molecule has 0 aliphatic carbocycles. The molecular formula is H7NO6S2. The van der Waals surface area contributed by atoms with Crippen molar-refractivity contribution in [2.24, 2.45) is 0 Å².